The molecule has 1 unspecified atom stereocenters. The minimum absolute atomic E-state index is 0.0438. The van der Waals surface area contributed by atoms with E-state index in [0.29, 0.717) is 6.54 Å². The van der Waals surface area contributed by atoms with E-state index in [1.807, 2.05) is 41.3 Å². The number of hydrogen-bond donors (Lipinski definition) is 0. The van der Waals surface area contributed by atoms with E-state index in [4.69, 9.17) is 4.74 Å². The van der Waals surface area contributed by atoms with Gasteiger partial charge >= 0.3 is 5.97 Å². The molecule has 0 spiro atoms. The first kappa shape index (κ1) is 18.0. The summed E-state index contributed by atoms with van der Waals surface area (Å²) in [5.41, 5.74) is 3.37. The predicted octanol–water partition coefficient (Wildman–Crippen LogP) is 3.12. The predicted molar refractivity (Wildman–Crippen MR) is 97.9 cm³/mol. The van der Waals surface area contributed by atoms with Crippen LogP contribution in [0.2, 0.25) is 0 Å². The number of esters is 1. The van der Waals surface area contributed by atoms with Crippen molar-refractivity contribution in [1.82, 2.24) is 4.90 Å². The highest BCUT2D eigenvalue weighted by atomic mass is 16.5. The molecule has 0 aliphatic carbocycles. The Morgan fingerprint density at radius 2 is 1.88 bits per heavy atom. The molecule has 2 aromatic carbocycles. The molecule has 2 aromatic rings. The average molecular weight is 353 g/mol. The van der Waals surface area contributed by atoms with Crippen LogP contribution >= 0.6 is 0 Å². The molecule has 26 heavy (non-hydrogen) atoms. The third-order valence-corrected chi connectivity index (χ3v) is 4.78. The summed E-state index contributed by atoms with van der Waals surface area (Å²) in [6.45, 7) is 0.624. The lowest BCUT2D eigenvalue weighted by atomic mass is 9.88. The Bertz CT molecular complexity index is 802. The van der Waals surface area contributed by atoms with Gasteiger partial charge in [-0.15, -0.1) is 0 Å². The van der Waals surface area contributed by atoms with E-state index in [1.54, 1.807) is 7.11 Å². The van der Waals surface area contributed by atoms with Crippen LogP contribution in [0.25, 0.3) is 0 Å². The third-order valence-electron chi connectivity index (χ3n) is 4.78. The van der Waals surface area contributed by atoms with Gasteiger partial charge in [-0.3, -0.25) is 9.59 Å². The van der Waals surface area contributed by atoms with Crippen molar-refractivity contribution in [2.75, 3.05) is 20.8 Å². The molecule has 1 aliphatic rings. The lowest BCUT2D eigenvalue weighted by molar-refractivity contribution is -0.144. The minimum atomic E-state index is -0.367. The molecule has 0 radical (unpaired) electrons. The molecule has 136 valence electrons. The summed E-state index contributed by atoms with van der Waals surface area (Å²) < 4.78 is 10.0. The fourth-order valence-electron chi connectivity index (χ4n) is 3.46. The zero-order valence-corrected chi connectivity index (χ0v) is 15.1. The number of fused-ring (bicyclic) bond motifs is 1. The molecule has 1 amide bonds. The van der Waals surface area contributed by atoms with E-state index in [9.17, 15) is 9.59 Å². The Labute approximate surface area is 153 Å². The summed E-state index contributed by atoms with van der Waals surface area (Å²) >= 11 is 0. The zero-order chi connectivity index (χ0) is 18.5. The fourth-order valence-corrected chi connectivity index (χ4v) is 3.46. The Kier molecular flexibility index (Phi) is 5.56. The largest absolute Gasteiger partial charge is 0.497 e. The summed E-state index contributed by atoms with van der Waals surface area (Å²) in [6, 6.07) is 15.8. The maximum Gasteiger partial charge on any atom is 0.306 e. The van der Waals surface area contributed by atoms with Crippen LogP contribution in [0.5, 0.6) is 5.75 Å². The van der Waals surface area contributed by atoms with E-state index in [2.05, 4.69) is 16.9 Å². The van der Waals surface area contributed by atoms with Gasteiger partial charge in [-0.05, 0) is 35.2 Å². The lowest BCUT2D eigenvalue weighted by Crippen LogP contribution is -2.40. The maximum atomic E-state index is 12.9. The van der Waals surface area contributed by atoms with Crippen LogP contribution in [0.3, 0.4) is 0 Å². The first-order valence-electron chi connectivity index (χ1n) is 8.72. The molecule has 0 saturated carbocycles. The third kappa shape index (κ3) is 3.72. The van der Waals surface area contributed by atoms with Crippen LogP contribution in [0.4, 0.5) is 0 Å². The molecule has 5 heteroatoms. The number of rotatable bonds is 5. The van der Waals surface area contributed by atoms with E-state index in [0.717, 1.165) is 23.3 Å². The Morgan fingerprint density at radius 3 is 2.65 bits per heavy atom. The number of ether oxygens (including phenoxy) is 2. The normalized spacial score (nSPS) is 15.9. The van der Waals surface area contributed by atoms with Gasteiger partial charge < -0.3 is 14.4 Å². The molecular weight excluding hydrogens is 330 g/mol. The number of methoxy groups -OCH3 is 2. The van der Waals surface area contributed by atoms with Gasteiger partial charge in [-0.1, -0.05) is 36.4 Å². The maximum absolute atomic E-state index is 12.9. The van der Waals surface area contributed by atoms with Crippen molar-refractivity contribution in [3.05, 3.63) is 65.2 Å². The summed E-state index contributed by atoms with van der Waals surface area (Å²) in [5.74, 6) is 0.346. The number of benzene rings is 2. The Morgan fingerprint density at radius 1 is 1.08 bits per heavy atom. The van der Waals surface area contributed by atoms with Gasteiger partial charge in [0.05, 0.1) is 26.7 Å². The van der Waals surface area contributed by atoms with Gasteiger partial charge in [0.15, 0.2) is 0 Å². The van der Waals surface area contributed by atoms with Crippen molar-refractivity contribution in [3.63, 3.8) is 0 Å². The minimum Gasteiger partial charge on any atom is -0.497 e. The smallest absolute Gasteiger partial charge is 0.306 e. The van der Waals surface area contributed by atoms with E-state index in [-0.39, 0.29) is 30.8 Å². The standard InChI is InChI=1S/C21H23NO4/c1-25-17-8-5-7-16(14-17)21-18-9-4-3-6-15(18)12-13-22(21)19(23)10-11-20(24)26-2/h3-9,14,21H,10-13H2,1-2H3. The first-order valence-corrected chi connectivity index (χ1v) is 8.72. The number of carbonyl (C=O) groups excluding carboxylic acids is 2. The number of nitrogens with zero attached hydrogens (tertiary/aromatic N) is 1. The monoisotopic (exact) mass is 353 g/mol. The molecule has 5 nitrogen and oxygen atoms in total. The van der Waals surface area contributed by atoms with Crippen LogP contribution in [-0.2, 0) is 20.7 Å². The molecule has 1 heterocycles. The van der Waals surface area contributed by atoms with E-state index in [1.165, 1.54) is 12.7 Å². The number of hydrogen-bond acceptors (Lipinski definition) is 4. The molecule has 1 atom stereocenters. The quantitative estimate of drug-likeness (QED) is 0.775. The molecule has 0 fully saturated rings. The van der Waals surface area contributed by atoms with Gasteiger partial charge in [0.2, 0.25) is 5.91 Å². The highest BCUT2D eigenvalue weighted by Gasteiger charge is 2.32. The summed E-state index contributed by atoms with van der Waals surface area (Å²) in [7, 11) is 2.97. The van der Waals surface area contributed by atoms with Gasteiger partial charge in [0, 0.05) is 13.0 Å². The SMILES string of the molecule is COC(=O)CCC(=O)N1CCc2ccccc2C1c1cccc(OC)c1. The molecular formula is C21H23NO4. The van der Waals surface area contributed by atoms with Crippen LogP contribution in [-0.4, -0.2) is 37.5 Å². The van der Waals surface area contributed by atoms with E-state index >= 15 is 0 Å². The van der Waals surface area contributed by atoms with Gasteiger partial charge in [0.1, 0.15) is 5.75 Å². The summed E-state index contributed by atoms with van der Waals surface area (Å²) in [4.78, 5) is 26.1. The molecule has 1 aliphatic heterocycles. The molecule has 3 rings (SSSR count). The second-order valence-corrected chi connectivity index (χ2v) is 6.29. The zero-order valence-electron chi connectivity index (χ0n) is 15.1. The van der Waals surface area contributed by atoms with E-state index < -0.39 is 0 Å². The molecule has 0 aromatic heterocycles. The molecule has 0 saturated heterocycles. The second-order valence-electron chi connectivity index (χ2n) is 6.29. The highest BCUT2D eigenvalue weighted by molar-refractivity contribution is 5.82. The lowest BCUT2D eigenvalue weighted by Gasteiger charge is -2.38. The Balaban J connectivity index is 1.95. The molecule has 0 N–H and O–H groups in total. The van der Waals surface area contributed by atoms with Gasteiger partial charge in [-0.25, -0.2) is 0 Å². The van der Waals surface area contributed by atoms with Crippen molar-refractivity contribution < 1.29 is 19.1 Å². The van der Waals surface area contributed by atoms with Crippen LogP contribution in [0.1, 0.15) is 35.6 Å². The van der Waals surface area contributed by atoms with Gasteiger partial charge in [0.25, 0.3) is 0 Å². The fraction of sp³-hybridized carbons (Fsp3) is 0.333. The number of amides is 1. The van der Waals surface area contributed by atoms with Crippen molar-refractivity contribution in [1.29, 1.82) is 0 Å². The van der Waals surface area contributed by atoms with Crippen molar-refractivity contribution in [3.8, 4) is 5.75 Å². The number of carbonyl (C=O) groups is 2. The summed E-state index contributed by atoms with van der Waals surface area (Å²) in [5, 5.41) is 0. The van der Waals surface area contributed by atoms with Crippen molar-refractivity contribution in [2.24, 2.45) is 0 Å². The van der Waals surface area contributed by atoms with Gasteiger partial charge in [-0.2, -0.15) is 0 Å². The van der Waals surface area contributed by atoms with Crippen molar-refractivity contribution in [2.45, 2.75) is 25.3 Å². The topological polar surface area (TPSA) is 55.8 Å². The first-order chi connectivity index (χ1) is 12.6. The summed E-state index contributed by atoms with van der Waals surface area (Å²) in [6.07, 6.45) is 1.05. The van der Waals surface area contributed by atoms with Crippen LogP contribution in [0, 0.1) is 0 Å². The highest BCUT2D eigenvalue weighted by Crippen LogP contribution is 2.36. The van der Waals surface area contributed by atoms with Crippen LogP contribution < -0.4 is 4.74 Å². The Hall–Kier alpha value is -2.82. The average Bonchev–Trinajstić information content (AvgIpc) is 2.70. The molecule has 0 bridgehead atoms. The van der Waals surface area contributed by atoms with Crippen LogP contribution in [0.15, 0.2) is 48.5 Å². The second kappa shape index (κ2) is 8.04. The van der Waals surface area contributed by atoms with Crippen molar-refractivity contribution >= 4 is 11.9 Å².